The summed E-state index contributed by atoms with van der Waals surface area (Å²) < 4.78 is 9.99. The molecule has 0 saturated carbocycles. The number of carbonyl (C=O) groups is 1. The maximum Gasteiger partial charge on any atom is 0.348 e. The number of hydrogen-bond donors (Lipinski definition) is 1. The van der Waals surface area contributed by atoms with Gasteiger partial charge in [-0.25, -0.2) is 4.79 Å². The van der Waals surface area contributed by atoms with E-state index in [-0.39, 0.29) is 16.0 Å². The van der Waals surface area contributed by atoms with E-state index < -0.39 is 10.9 Å². The molecule has 1 aliphatic rings. The first-order valence-corrected chi connectivity index (χ1v) is 6.65. The van der Waals surface area contributed by atoms with Gasteiger partial charge in [0.05, 0.1) is 18.1 Å². The molecule has 0 aromatic carbocycles. The number of nitro groups is 1. The fourth-order valence-electron chi connectivity index (χ4n) is 1.87. The summed E-state index contributed by atoms with van der Waals surface area (Å²) in [7, 11) is 1.24. The average Bonchev–Trinajstić information content (AvgIpc) is 3.04. The van der Waals surface area contributed by atoms with Gasteiger partial charge in [0.2, 0.25) is 0 Å². The standard InChI is InChI=1S/C11H14N2O5S/c1-17-11(14)9-5-8(10(19-9)13(15)16)12-6-7-3-2-4-18-7/h5,7,12H,2-4,6H2,1H3/t7-/m0/s1. The van der Waals surface area contributed by atoms with E-state index in [0.29, 0.717) is 12.2 Å². The monoisotopic (exact) mass is 286 g/mol. The zero-order chi connectivity index (χ0) is 13.8. The van der Waals surface area contributed by atoms with Gasteiger partial charge in [-0.05, 0) is 18.9 Å². The smallest absolute Gasteiger partial charge is 0.348 e. The van der Waals surface area contributed by atoms with Crippen LogP contribution in [0.5, 0.6) is 0 Å². The number of nitrogens with zero attached hydrogens (tertiary/aromatic N) is 1. The van der Waals surface area contributed by atoms with Gasteiger partial charge in [-0.3, -0.25) is 10.1 Å². The number of hydrogen-bond acceptors (Lipinski definition) is 7. The average molecular weight is 286 g/mol. The zero-order valence-electron chi connectivity index (χ0n) is 10.4. The molecule has 1 aromatic rings. The highest BCUT2D eigenvalue weighted by Crippen LogP contribution is 2.35. The number of anilines is 1. The highest BCUT2D eigenvalue weighted by molar-refractivity contribution is 7.17. The minimum absolute atomic E-state index is 0.0704. The van der Waals surface area contributed by atoms with Gasteiger partial charge in [0.15, 0.2) is 0 Å². The van der Waals surface area contributed by atoms with Gasteiger partial charge in [0.25, 0.3) is 0 Å². The SMILES string of the molecule is COC(=O)c1cc(NC[C@@H]2CCCO2)c([N+](=O)[O-])s1. The minimum Gasteiger partial charge on any atom is -0.465 e. The Morgan fingerprint density at radius 3 is 3.11 bits per heavy atom. The number of methoxy groups -OCH3 is 1. The fourth-order valence-corrected chi connectivity index (χ4v) is 2.74. The molecule has 104 valence electrons. The van der Waals surface area contributed by atoms with Gasteiger partial charge in [-0.2, -0.15) is 0 Å². The van der Waals surface area contributed by atoms with Crippen LogP contribution in [0.25, 0.3) is 0 Å². The maximum atomic E-state index is 11.4. The Balaban J connectivity index is 2.10. The first kappa shape index (κ1) is 13.8. The molecule has 1 saturated heterocycles. The summed E-state index contributed by atoms with van der Waals surface area (Å²) in [6.07, 6.45) is 2.02. The molecule has 19 heavy (non-hydrogen) atoms. The molecule has 1 N–H and O–H groups in total. The topological polar surface area (TPSA) is 90.7 Å². The summed E-state index contributed by atoms with van der Waals surface area (Å²) in [4.78, 5) is 22.0. The summed E-state index contributed by atoms with van der Waals surface area (Å²) in [5.74, 6) is -0.571. The Bertz CT molecular complexity index is 481. The molecule has 0 spiro atoms. The van der Waals surface area contributed by atoms with Gasteiger partial charge in [-0.1, -0.05) is 11.3 Å². The van der Waals surface area contributed by atoms with Crippen LogP contribution in [0.3, 0.4) is 0 Å². The van der Waals surface area contributed by atoms with Crippen LogP contribution in [0.15, 0.2) is 6.07 Å². The summed E-state index contributed by atoms with van der Waals surface area (Å²) in [6.45, 7) is 1.23. The predicted molar refractivity (Wildman–Crippen MR) is 69.8 cm³/mol. The molecule has 0 amide bonds. The Kier molecular flexibility index (Phi) is 4.33. The number of ether oxygens (including phenoxy) is 2. The van der Waals surface area contributed by atoms with Crippen LogP contribution in [0.1, 0.15) is 22.5 Å². The summed E-state index contributed by atoms with van der Waals surface area (Å²) >= 11 is 0.806. The lowest BCUT2D eigenvalue weighted by atomic mass is 10.2. The van der Waals surface area contributed by atoms with Gasteiger partial charge < -0.3 is 14.8 Å². The third-order valence-electron chi connectivity index (χ3n) is 2.81. The lowest BCUT2D eigenvalue weighted by Crippen LogP contribution is -2.18. The Hall–Kier alpha value is -1.67. The lowest BCUT2D eigenvalue weighted by molar-refractivity contribution is -0.379. The minimum atomic E-state index is -0.571. The van der Waals surface area contributed by atoms with Crippen molar-refractivity contribution in [3.05, 3.63) is 21.1 Å². The molecule has 1 fully saturated rings. The van der Waals surface area contributed by atoms with Crippen molar-refractivity contribution in [1.82, 2.24) is 0 Å². The van der Waals surface area contributed by atoms with Crippen LogP contribution in [-0.4, -0.2) is 37.3 Å². The molecule has 0 aliphatic carbocycles. The summed E-state index contributed by atoms with van der Waals surface area (Å²) in [6, 6.07) is 1.45. The van der Waals surface area contributed by atoms with Crippen LogP contribution >= 0.6 is 11.3 Å². The molecule has 2 heterocycles. The molecule has 7 nitrogen and oxygen atoms in total. The van der Waals surface area contributed by atoms with Crippen LogP contribution in [0.2, 0.25) is 0 Å². The second kappa shape index (κ2) is 5.98. The summed E-state index contributed by atoms with van der Waals surface area (Å²) in [5, 5.41) is 13.8. The van der Waals surface area contributed by atoms with Crippen molar-refractivity contribution >= 4 is 28.0 Å². The Morgan fingerprint density at radius 1 is 1.74 bits per heavy atom. The van der Waals surface area contributed by atoms with Crippen LogP contribution in [-0.2, 0) is 9.47 Å². The second-order valence-electron chi connectivity index (χ2n) is 4.09. The quantitative estimate of drug-likeness (QED) is 0.506. The van der Waals surface area contributed by atoms with Gasteiger partial charge in [-0.15, -0.1) is 0 Å². The number of nitrogens with one attached hydrogen (secondary N) is 1. The van der Waals surface area contributed by atoms with Crippen molar-refractivity contribution < 1.29 is 19.2 Å². The van der Waals surface area contributed by atoms with Crippen molar-refractivity contribution in [2.24, 2.45) is 0 Å². The lowest BCUT2D eigenvalue weighted by Gasteiger charge is -2.09. The molecule has 8 heteroatoms. The maximum absolute atomic E-state index is 11.4. The first-order valence-electron chi connectivity index (χ1n) is 5.84. The molecular weight excluding hydrogens is 272 g/mol. The molecule has 1 aromatic heterocycles. The third-order valence-corrected chi connectivity index (χ3v) is 3.88. The normalized spacial score (nSPS) is 18.3. The number of thiophene rings is 1. The largest absolute Gasteiger partial charge is 0.465 e. The fraction of sp³-hybridized carbons (Fsp3) is 0.545. The van der Waals surface area contributed by atoms with Gasteiger partial charge >= 0.3 is 11.0 Å². The van der Waals surface area contributed by atoms with E-state index in [1.807, 2.05) is 0 Å². The van der Waals surface area contributed by atoms with Crippen molar-refractivity contribution in [3.8, 4) is 0 Å². The number of rotatable bonds is 5. The van der Waals surface area contributed by atoms with E-state index in [4.69, 9.17) is 4.74 Å². The van der Waals surface area contributed by atoms with Crippen molar-refractivity contribution in [2.75, 3.05) is 25.6 Å². The number of esters is 1. The molecule has 2 rings (SSSR count). The predicted octanol–water partition coefficient (Wildman–Crippen LogP) is 2.03. The van der Waals surface area contributed by atoms with Crippen LogP contribution in [0, 0.1) is 10.1 Å². The van der Waals surface area contributed by atoms with Crippen molar-refractivity contribution in [1.29, 1.82) is 0 Å². The zero-order valence-corrected chi connectivity index (χ0v) is 11.2. The van der Waals surface area contributed by atoms with Gasteiger partial charge in [0, 0.05) is 13.2 Å². The van der Waals surface area contributed by atoms with Crippen LogP contribution in [0.4, 0.5) is 10.7 Å². The van der Waals surface area contributed by atoms with Crippen molar-refractivity contribution in [2.45, 2.75) is 18.9 Å². The van der Waals surface area contributed by atoms with E-state index in [9.17, 15) is 14.9 Å². The Labute approximate surface area is 113 Å². The summed E-state index contributed by atoms with van der Waals surface area (Å²) in [5.41, 5.74) is 0.339. The van der Waals surface area contributed by atoms with Gasteiger partial charge in [0.1, 0.15) is 10.6 Å². The molecule has 0 radical (unpaired) electrons. The van der Waals surface area contributed by atoms with E-state index in [0.717, 1.165) is 30.8 Å². The van der Waals surface area contributed by atoms with Crippen LogP contribution < -0.4 is 5.32 Å². The molecule has 1 aliphatic heterocycles. The highest BCUT2D eigenvalue weighted by Gasteiger charge is 2.24. The molecule has 0 bridgehead atoms. The van der Waals surface area contributed by atoms with E-state index in [1.54, 1.807) is 0 Å². The first-order chi connectivity index (χ1) is 9.11. The molecule has 1 atom stereocenters. The van der Waals surface area contributed by atoms with Crippen molar-refractivity contribution in [3.63, 3.8) is 0 Å². The Morgan fingerprint density at radius 2 is 2.53 bits per heavy atom. The van der Waals surface area contributed by atoms with E-state index in [2.05, 4.69) is 10.1 Å². The second-order valence-corrected chi connectivity index (χ2v) is 5.12. The van der Waals surface area contributed by atoms with E-state index in [1.165, 1.54) is 13.2 Å². The number of carbonyl (C=O) groups excluding carboxylic acids is 1. The molecule has 0 unspecified atom stereocenters. The van der Waals surface area contributed by atoms with E-state index >= 15 is 0 Å². The third kappa shape index (κ3) is 3.21. The highest BCUT2D eigenvalue weighted by atomic mass is 32.1. The molecular formula is C11H14N2O5S.